The van der Waals surface area contributed by atoms with E-state index in [1.807, 2.05) is 0 Å². The monoisotopic (exact) mass is 192 g/mol. The molecule has 0 aliphatic carbocycles. The highest BCUT2D eigenvalue weighted by Crippen LogP contribution is 2.20. The fourth-order valence-electron chi connectivity index (χ4n) is 0.804. The van der Waals surface area contributed by atoms with Gasteiger partial charge in [0.2, 0.25) is 0 Å². The Kier molecular flexibility index (Phi) is 2.40. The summed E-state index contributed by atoms with van der Waals surface area (Å²) in [5.74, 6) is -1.90. The van der Waals surface area contributed by atoms with Gasteiger partial charge in [-0.2, -0.15) is 18.3 Å². The maximum Gasteiger partial charge on any atom is 0.456 e. The number of alkyl halides is 3. The van der Waals surface area contributed by atoms with Gasteiger partial charge < -0.3 is 0 Å². The van der Waals surface area contributed by atoms with Crippen molar-refractivity contribution in [1.29, 1.82) is 0 Å². The topological polar surface area (TPSA) is 34.9 Å². The first-order chi connectivity index (χ1) is 5.95. The number of halogens is 3. The van der Waals surface area contributed by atoms with Crippen LogP contribution in [0.2, 0.25) is 0 Å². The fourth-order valence-corrected chi connectivity index (χ4v) is 0.804. The Morgan fingerprint density at radius 2 is 2.23 bits per heavy atom. The second kappa shape index (κ2) is 3.20. The van der Waals surface area contributed by atoms with Crippen molar-refractivity contribution in [3.8, 4) is 0 Å². The predicted molar refractivity (Wildman–Crippen MR) is 38.3 cm³/mol. The van der Waals surface area contributed by atoms with E-state index >= 15 is 0 Å². The van der Waals surface area contributed by atoms with Gasteiger partial charge in [0.1, 0.15) is 5.69 Å². The number of carbonyl (C=O) groups excluding carboxylic acids is 1. The quantitative estimate of drug-likeness (QED) is 0.667. The Morgan fingerprint density at radius 3 is 2.62 bits per heavy atom. The highest BCUT2D eigenvalue weighted by molar-refractivity contribution is 5.98. The summed E-state index contributed by atoms with van der Waals surface area (Å²) in [6.07, 6.45) is -3.51. The molecule has 0 amide bonds. The van der Waals surface area contributed by atoms with Gasteiger partial charge >= 0.3 is 6.18 Å². The second-order valence-electron chi connectivity index (χ2n) is 2.38. The van der Waals surface area contributed by atoms with Crippen molar-refractivity contribution >= 4 is 5.78 Å². The number of Topliss-reactive ketones (excluding diaryl/α,β-unsaturated/α-hetero) is 1. The summed E-state index contributed by atoms with van der Waals surface area (Å²) in [4.78, 5) is 10.6. The Balaban J connectivity index is 2.90. The number of rotatable bonds is 2. The van der Waals surface area contributed by atoms with Crippen molar-refractivity contribution < 1.29 is 18.0 Å². The van der Waals surface area contributed by atoms with Crippen LogP contribution in [0.3, 0.4) is 0 Å². The number of aryl methyl sites for hydroxylation is 1. The normalized spacial score (nSPS) is 11.7. The van der Waals surface area contributed by atoms with Crippen molar-refractivity contribution in [3.63, 3.8) is 0 Å². The second-order valence-corrected chi connectivity index (χ2v) is 2.38. The van der Waals surface area contributed by atoms with Crippen LogP contribution in [0.1, 0.15) is 17.4 Å². The molecule has 0 radical (unpaired) electrons. The molecule has 3 nitrogen and oxygen atoms in total. The van der Waals surface area contributed by atoms with Crippen molar-refractivity contribution in [2.75, 3.05) is 0 Å². The summed E-state index contributed by atoms with van der Waals surface area (Å²) < 4.78 is 36.8. The third-order valence-corrected chi connectivity index (χ3v) is 1.45. The highest BCUT2D eigenvalue weighted by Gasteiger charge is 2.40. The minimum Gasteiger partial charge on any atom is -0.282 e. The van der Waals surface area contributed by atoms with E-state index in [1.165, 1.54) is 10.9 Å². The van der Waals surface area contributed by atoms with Gasteiger partial charge in [-0.25, -0.2) is 0 Å². The number of carbonyl (C=O) groups is 1. The molecule has 0 bridgehead atoms. The van der Waals surface area contributed by atoms with Gasteiger partial charge in [-0.3, -0.25) is 9.48 Å². The first kappa shape index (κ1) is 9.76. The summed E-state index contributed by atoms with van der Waals surface area (Å²) in [5, 5.41) is 3.44. The van der Waals surface area contributed by atoms with Gasteiger partial charge in [-0.15, -0.1) is 0 Å². The lowest BCUT2D eigenvalue weighted by Gasteiger charge is -2.00. The van der Waals surface area contributed by atoms with Crippen LogP contribution >= 0.6 is 0 Å². The maximum absolute atomic E-state index is 11.8. The lowest BCUT2D eigenvalue weighted by atomic mass is 10.3. The number of hydrogen-bond acceptors (Lipinski definition) is 2. The van der Waals surface area contributed by atoms with E-state index in [1.54, 1.807) is 6.92 Å². The standard InChI is InChI=1S/C7H7F3N2O/c1-2-12-4-3-5(11-12)6(13)7(8,9)10/h3-4H,2H2,1H3. The summed E-state index contributed by atoms with van der Waals surface area (Å²) in [5.41, 5.74) is -0.561. The molecule has 0 spiro atoms. The van der Waals surface area contributed by atoms with Gasteiger partial charge in [0.15, 0.2) is 0 Å². The average molecular weight is 192 g/mol. The molecule has 72 valence electrons. The molecule has 0 unspecified atom stereocenters. The minimum absolute atomic E-state index is 0.436. The molecule has 0 saturated heterocycles. The SMILES string of the molecule is CCn1ccc(C(=O)C(F)(F)F)n1. The number of hydrogen-bond donors (Lipinski definition) is 0. The number of aromatic nitrogens is 2. The average Bonchev–Trinajstić information content (AvgIpc) is 2.48. The zero-order valence-electron chi connectivity index (χ0n) is 6.80. The van der Waals surface area contributed by atoms with E-state index in [2.05, 4.69) is 5.10 Å². The molecular formula is C7H7F3N2O. The first-order valence-corrected chi connectivity index (χ1v) is 3.60. The molecule has 0 saturated carbocycles. The van der Waals surface area contributed by atoms with E-state index in [0.717, 1.165) is 6.07 Å². The predicted octanol–water partition coefficient (Wildman–Crippen LogP) is 1.65. The third-order valence-electron chi connectivity index (χ3n) is 1.45. The van der Waals surface area contributed by atoms with Crippen LogP contribution in [0.5, 0.6) is 0 Å². The molecular weight excluding hydrogens is 185 g/mol. The van der Waals surface area contributed by atoms with Crippen molar-refractivity contribution in [1.82, 2.24) is 9.78 Å². The van der Waals surface area contributed by atoms with Crippen LogP contribution in [0, 0.1) is 0 Å². The maximum atomic E-state index is 11.8. The zero-order valence-corrected chi connectivity index (χ0v) is 6.80. The van der Waals surface area contributed by atoms with Crippen LogP contribution in [-0.4, -0.2) is 21.7 Å². The van der Waals surface area contributed by atoms with Crippen LogP contribution in [-0.2, 0) is 6.54 Å². The molecule has 1 aromatic heterocycles. The first-order valence-electron chi connectivity index (χ1n) is 3.60. The number of ketones is 1. The van der Waals surface area contributed by atoms with E-state index in [4.69, 9.17) is 0 Å². The van der Waals surface area contributed by atoms with E-state index in [-0.39, 0.29) is 0 Å². The van der Waals surface area contributed by atoms with Crippen LogP contribution < -0.4 is 0 Å². The lowest BCUT2D eigenvalue weighted by Crippen LogP contribution is -2.23. The van der Waals surface area contributed by atoms with Gasteiger partial charge in [0.05, 0.1) is 0 Å². The minimum atomic E-state index is -4.84. The molecule has 0 fully saturated rings. The van der Waals surface area contributed by atoms with Gasteiger partial charge in [-0.05, 0) is 13.0 Å². The van der Waals surface area contributed by atoms with Gasteiger partial charge in [0, 0.05) is 12.7 Å². The molecule has 13 heavy (non-hydrogen) atoms. The largest absolute Gasteiger partial charge is 0.456 e. The molecule has 0 aliphatic heterocycles. The van der Waals surface area contributed by atoms with E-state index < -0.39 is 17.7 Å². The Morgan fingerprint density at radius 1 is 1.62 bits per heavy atom. The van der Waals surface area contributed by atoms with Crippen molar-refractivity contribution in [2.45, 2.75) is 19.6 Å². The van der Waals surface area contributed by atoms with Crippen molar-refractivity contribution in [3.05, 3.63) is 18.0 Å². The highest BCUT2D eigenvalue weighted by atomic mass is 19.4. The Bertz CT molecular complexity index is 316. The van der Waals surface area contributed by atoms with Crippen molar-refractivity contribution in [2.24, 2.45) is 0 Å². The van der Waals surface area contributed by atoms with E-state index in [9.17, 15) is 18.0 Å². The Labute approximate surface area is 72.2 Å². The fraction of sp³-hybridized carbons (Fsp3) is 0.429. The molecule has 0 aromatic carbocycles. The number of nitrogens with zero attached hydrogens (tertiary/aromatic N) is 2. The van der Waals surface area contributed by atoms with E-state index in [0.29, 0.717) is 6.54 Å². The third kappa shape index (κ3) is 2.07. The zero-order chi connectivity index (χ0) is 10.1. The van der Waals surface area contributed by atoms with Crippen LogP contribution in [0.15, 0.2) is 12.3 Å². The smallest absolute Gasteiger partial charge is 0.282 e. The summed E-state index contributed by atoms with van der Waals surface area (Å²) in [6, 6.07) is 1.05. The molecule has 0 N–H and O–H groups in total. The summed E-state index contributed by atoms with van der Waals surface area (Å²) >= 11 is 0. The molecule has 1 aromatic rings. The molecule has 0 aliphatic rings. The lowest BCUT2D eigenvalue weighted by molar-refractivity contribution is -0.0888. The molecule has 1 heterocycles. The Hall–Kier alpha value is -1.33. The molecule has 0 atom stereocenters. The molecule has 1 rings (SSSR count). The molecule has 6 heteroatoms. The summed E-state index contributed by atoms with van der Waals surface area (Å²) in [6.45, 7) is 2.15. The van der Waals surface area contributed by atoms with Gasteiger partial charge in [0.25, 0.3) is 5.78 Å². The van der Waals surface area contributed by atoms with Crippen LogP contribution in [0.4, 0.5) is 13.2 Å². The summed E-state index contributed by atoms with van der Waals surface area (Å²) in [7, 11) is 0. The van der Waals surface area contributed by atoms with Crippen LogP contribution in [0.25, 0.3) is 0 Å². The van der Waals surface area contributed by atoms with Gasteiger partial charge in [-0.1, -0.05) is 0 Å².